The van der Waals surface area contributed by atoms with Gasteiger partial charge in [0.05, 0.1) is 30.7 Å². The summed E-state index contributed by atoms with van der Waals surface area (Å²) >= 11 is 0. The number of amides is 3. The minimum absolute atomic E-state index is 0.0755. The first kappa shape index (κ1) is 24.6. The van der Waals surface area contributed by atoms with E-state index < -0.39 is 35.0 Å². The third-order valence-corrected chi connectivity index (χ3v) is 5.95. The Bertz CT molecular complexity index is 1220. The van der Waals surface area contributed by atoms with Crippen LogP contribution in [0.25, 0.3) is 0 Å². The van der Waals surface area contributed by atoms with Crippen molar-refractivity contribution in [3.05, 3.63) is 90.3 Å². The number of hydrogen-bond acceptors (Lipinski definition) is 7. The number of benzene rings is 1. The van der Waals surface area contributed by atoms with Gasteiger partial charge in [-0.15, -0.1) is 0 Å². The molecule has 0 unspecified atom stereocenters. The van der Waals surface area contributed by atoms with E-state index in [-0.39, 0.29) is 19.5 Å². The first-order chi connectivity index (χ1) is 17.5. The molecule has 3 N–H and O–H groups in total. The SMILES string of the molecule is O=C(NCc1ccccn1)C(=O)[C@@H](Cc1ccccc1)NC(=O)C1(C(=O)NCc2cnccn2)CC1. The third-order valence-electron chi connectivity index (χ3n) is 5.95. The van der Waals surface area contributed by atoms with Gasteiger partial charge >= 0.3 is 0 Å². The quantitative estimate of drug-likeness (QED) is 0.270. The number of carbonyl (C=O) groups excluding carboxylic acids is 4. The predicted molar refractivity (Wildman–Crippen MR) is 129 cm³/mol. The molecule has 1 saturated carbocycles. The summed E-state index contributed by atoms with van der Waals surface area (Å²) < 4.78 is 0. The topological polar surface area (TPSA) is 143 Å². The molecule has 1 aliphatic rings. The molecule has 0 aliphatic heterocycles. The van der Waals surface area contributed by atoms with Gasteiger partial charge in [0, 0.05) is 25.0 Å². The Hall–Kier alpha value is -4.47. The Kier molecular flexibility index (Phi) is 7.74. The van der Waals surface area contributed by atoms with Gasteiger partial charge in [-0.25, -0.2) is 0 Å². The van der Waals surface area contributed by atoms with E-state index in [1.807, 2.05) is 18.2 Å². The average Bonchev–Trinajstić information content (AvgIpc) is 3.74. The van der Waals surface area contributed by atoms with Crippen LogP contribution in [-0.2, 0) is 38.7 Å². The third kappa shape index (κ3) is 6.15. The molecule has 2 aromatic heterocycles. The first-order valence-corrected chi connectivity index (χ1v) is 11.6. The molecule has 0 spiro atoms. The molecule has 3 amide bonds. The van der Waals surface area contributed by atoms with Crippen LogP contribution in [0.15, 0.2) is 73.3 Å². The number of nitrogens with one attached hydrogen (secondary N) is 3. The molecule has 0 saturated heterocycles. The van der Waals surface area contributed by atoms with Gasteiger partial charge in [0.1, 0.15) is 11.5 Å². The van der Waals surface area contributed by atoms with Crippen LogP contribution in [-0.4, -0.2) is 44.5 Å². The Morgan fingerprint density at radius 3 is 2.19 bits per heavy atom. The van der Waals surface area contributed by atoms with Crippen LogP contribution in [0.1, 0.15) is 29.8 Å². The Morgan fingerprint density at radius 1 is 0.806 bits per heavy atom. The van der Waals surface area contributed by atoms with Crippen LogP contribution in [0.3, 0.4) is 0 Å². The van der Waals surface area contributed by atoms with E-state index in [2.05, 4.69) is 30.9 Å². The Morgan fingerprint density at radius 2 is 1.53 bits per heavy atom. The van der Waals surface area contributed by atoms with Crippen molar-refractivity contribution in [2.24, 2.45) is 5.41 Å². The molecular weight excluding hydrogens is 460 g/mol. The molecule has 10 nitrogen and oxygen atoms in total. The summed E-state index contributed by atoms with van der Waals surface area (Å²) in [5.41, 5.74) is 0.649. The lowest BCUT2D eigenvalue weighted by atomic mass is 9.99. The van der Waals surface area contributed by atoms with Crippen LogP contribution < -0.4 is 16.0 Å². The molecule has 1 atom stereocenters. The second kappa shape index (κ2) is 11.3. The summed E-state index contributed by atoms with van der Waals surface area (Å²) in [7, 11) is 0. The number of aromatic nitrogens is 3. The Labute approximate surface area is 208 Å². The number of rotatable bonds is 11. The van der Waals surface area contributed by atoms with E-state index in [0.717, 1.165) is 5.56 Å². The fourth-order valence-electron chi connectivity index (χ4n) is 3.72. The van der Waals surface area contributed by atoms with Crippen molar-refractivity contribution in [1.82, 2.24) is 30.9 Å². The molecule has 0 radical (unpaired) electrons. The fraction of sp³-hybridized carbons (Fsp3) is 0.269. The molecule has 4 rings (SSSR count). The van der Waals surface area contributed by atoms with Crippen LogP contribution in [0.5, 0.6) is 0 Å². The molecule has 10 heteroatoms. The summed E-state index contributed by atoms with van der Waals surface area (Å²) in [4.78, 5) is 64.0. The van der Waals surface area contributed by atoms with E-state index in [0.29, 0.717) is 24.2 Å². The van der Waals surface area contributed by atoms with Crippen molar-refractivity contribution < 1.29 is 19.2 Å². The number of hydrogen-bond donors (Lipinski definition) is 3. The fourth-order valence-corrected chi connectivity index (χ4v) is 3.72. The minimum atomic E-state index is -1.28. The highest BCUT2D eigenvalue weighted by molar-refractivity contribution is 6.38. The van der Waals surface area contributed by atoms with Crippen molar-refractivity contribution in [1.29, 1.82) is 0 Å². The minimum Gasteiger partial charge on any atom is -0.349 e. The number of Topliss-reactive ketones (excluding diaryl/α,β-unsaturated/α-hetero) is 1. The van der Waals surface area contributed by atoms with Gasteiger partial charge in [-0.3, -0.25) is 34.1 Å². The number of carbonyl (C=O) groups is 4. The highest BCUT2D eigenvalue weighted by Crippen LogP contribution is 2.46. The molecule has 1 fully saturated rings. The predicted octanol–water partition coefficient (Wildman–Crippen LogP) is 0.881. The number of nitrogens with zero attached hydrogens (tertiary/aromatic N) is 3. The standard InChI is InChI=1S/C26H26N6O4/c33-22(23(34)30-16-19-8-4-5-11-28-19)21(14-18-6-2-1-3-7-18)32-25(36)26(9-10-26)24(35)31-17-20-15-27-12-13-29-20/h1-8,11-13,15,21H,9-10,14,16-17H2,(H,30,34)(H,31,35)(H,32,36)/t21-/m1/s1. The zero-order valence-corrected chi connectivity index (χ0v) is 19.5. The lowest BCUT2D eigenvalue weighted by Crippen LogP contribution is -2.52. The maximum absolute atomic E-state index is 13.2. The summed E-state index contributed by atoms with van der Waals surface area (Å²) in [5.74, 6) is -2.65. The second-order valence-corrected chi connectivity index (χ2v) is 8.55. The maximum Gasteiger partial charge on any atom is 0.289 e. The Balaban J connectivity index is 1.42. The first-order valence-electron chi connectivity index (χ1n) is 11.6. The molecule has 3 aromatic rings. The van der Waals surface area contributed by atoms with Crippen molar-refractivity contribution in [3.63, 3.8) is 0 Å². The monoisotopic (exact) mass is 486 g/mol. The molecule has 2 heterocycles. The molecule has 0 bridgehead atoms. The normalized spacial score (nSPS) is 14.2. The number of pyridine rings is 1. The van der Waals surface area contributed by atoms with Crippen molar-refractivity contribution >= 4 is 23.5 Å². The van der Waals surface area contributed by atoms with Gasteiger partial charge in [-0.2, -0.15) is 0 Å². The van der Waals surface area contributed by atoms with Crippen LogP contribution >= 0.6 is 0 Å². The highest BCUT2D eigenvalue weighted by atomic mass is 16.2. The van der Waals surface area contributed by atoms with E-state index >= 15 is 0 Å². The van der Waals surface area contributed by atoms with Crippen LogP contribution in [0.2, 0.25) is 0 Å². The van der Waals surface area contributed by atoms with Gasteiger partial charge in [0.2, 0.25) is 17.6 Å². The smallest absolute Gasteiger partial charge is 0.289 e. The molecule has 184 valence electrons. The molecule has 1 aliphatic carbocycles. The summed E-state index contributed by atoms with van der Waals surface area (Å²) in [5, 5.41) is 7.95. The molecule has 36 heavy (non-hydrogen) atoms. The van der Waals surface area contributed by atoms with Crippen molar-refractivity contribution in [2.75, 3.05) is 0 Å². The zero-order valence-electron chi connectivity index (χ0n) is 19.5. The van der Waals surface area contributed by atoms with Gasteiger partial charge in [-0.05, 0) is 30.5 Å². The lowest BCUT2D eigenvalue weighted by molar-refractivity contribution is -0.142. The molecular formula is C26H26N6O4. The van der Waals surface area contributed by atoms with Gasteiger partial charge < -0.3 is 16.0 Å². The summed E-state index contributed by atoms with van der Waals surface area (Å²) in [6, 6.07) is 13.2. The number of ketones is 1. The van der Waals surface area contributed by atoms with E-state index in [9.17, 15) is 19.2 Å². The maximum atomic E-state index is 13.2. The van der Waals surface area contributed by atoms with Crippen LogP contribution in [0, 0.1) is 5.41 Å². The van der Waals surface area contributed by atoms with E-state index in [1.54, 1.807) is 36.5 Å². The average molecular weight is 487 g/mol. The van der Waals surface area contributed by atoms with E-state index in [4.69, 9.17) is 0 Å². The van der Waals surface area contributed by atoms with Crippen LogP contribution in [0.4, 0.5) is 0 Å². The lowest BCUT2D eigenvalue weighted by Gasteiger charge is -2.21. The summed E-state index contributed by atoms with van der Waals surface area (Å²) in [6.07, 6.45) is 6.97. The van der Waals surface area contributed by atoms with Gasteiger partial charge in [-0.1, -0.05) is 36.4 Å². The van der Waals surface area contributed by atoms with Crippen molar-refractivity contribution in [2.45, 2.75) is 38.4 Å². The largest absolute Gasteiger partial charge is 0.349 e. The molecule has 1 aromatic carbocycles. The summed E-state index contributed by atoms with van der Waals surface area (Å²) in [6.45, 7) is 0.205. The second-order valence-electron chi connectivity index (χ2n) is 8.55. The van der Waals surface area contributed by atoms with Gasteiger partial charge in [0.25, 0.3) is 5.91 Å². The van der Waals surface area contributed by atoms with Gasteiger partial charge in [0.15, 0.2) is 0 Å². The van der Waals surface area contributed by atoms with Crippen molar-refractivity contribution in [3.8, 4) is 0 Å². The zero-order chi connectivity index (χ0) is 25.4. The highest BCUT2D eigenvalue weighted by Gasteiger charge is 2.57. The van der Waals surface area contributed by atoms with E-state index in [1.165, 1.54) is 18.6 Å².